The molecular formula is C25H29N5O2S. The first-order valence-electron chi connectivity index (χ1n) is 11.7. The second-order valence-electron chi connectivity index (χ2n) is 8.62. The van der Waals surface area contributed by atoms with Crippen molar-refractivity contribution in [2.24, 2.45) is 0 Å². The maximum absolute atomic E-state index is 12.9. The molecule has 1 aromatic heterocycles. The molecule has 5 rings (SSSR count). The van der Waals surface area contributed by atoms with Crippen LogP contribution in [-0.4, -0.2) is 39.0 Å². The molecule has 1 amide bonds. The number of carbonyl (C=O) groups is 1. The largest absolute Gasteiger partial charge is 0.457 e. The molecule has 0 bridgehead atoms. The molecule has 2 fully saturated rings. The van der Waals surface area contributed by atoms with E-state index in [0.717, 1.165) is 54.2 Å². The van der Waals surface area contributed by atoms with Gasteiger partial charge in [-0.05, 0) is 75.4 Å². The van der Waals surface area contributed by atoms with Crippen molar-refractivity contribution in [1.29, 1.82) is 0 Å². The summed E-state index contributed by atoms with van der Waals surface area (Å²) in [5.74, 6) is 2.43. The van der Waals surface area contributed by atoms with Gasteiger partial charge in [0.25, 0.3) is 0 Å². The molecule has 1 unspecified atom stereocenters. The third kappa shape index (κ3) is 5.33. The summed E-state index contributed by atoms with van der Waals surface area (Å²) in [7, 11) is 0. The maximum atomic E-state index is 12.9. The van der Waals surface area contributed by atoms with Gasteiger partial charge in [-0.25, -0.2) is 0 Å². The first kappa shape index (κ1) is 21.8. The molecule has 1 atom stereocenters. The van der Waals surface area contributed by atoms with E-state index in [2.05, 4.69) is 25.0 Å². The number of hydrogen-bond donors (Lipinski definition) is 1. The lowest BCUT2D eigenvalue weighted by atomic mass is 10.1. The average Bonchev–Trinajstić information content (AvgIpc) is 3.61. The third-order valence-corrected chi connectivity index (χ3v) is 7.01. The number of hydrogen-bond acceptors (Lipinski definition) is 6. The van der Waals surface area contributed by atoms with E-state index in [0.29, 0.717) is 6.04 Å². The Morgan fingerprint density at radius 2 is 1.70 bits per heavy atom. The van der Waals surface area contributed by atoms with Crippen LogP contribution >= 0.6 is 11.8 Å². The minimum atomic E-state index is -0.291. The number of nitrogens with zero attached hydrogens (tertiary/aromatic N) is 4. The van der Waals surface area contributed by atoms with Gasteiger partial charge in [0, 0.05) is 24.8 Å². The molecule has 2 aliphatic rings. The van der Waals surface area contributed by atoms with Crippen molar-refractivity contribution in [2.45, 2.75) is 55.5 Å². The van der Waals surface area contributed by atoms with Crippen LogP contribution < -0.4 is 15.0 Å². The molecule has 33 heavy (non-hydrogen) atoms. The van der Waals surface area contributed by atoms with Crippen molar-refractivity contribution in [3.63, 3.8) is 0 Å². The number of carbonyl (C=O) groups excluding carboxylic acids is 1. The lowest BCUT2D eigenvalue weighted by molar-refractivity contribution is -0.115. The summed E-state index contributed by atoms with van der Waals surface area (Å²) >= 11 is 1.48. The summed E-state index contributed by atoms with van der Waals surface area (Å²) in [6.07, 6.45) is 6.00. The van der Waals surface area contributed by atoms with Crippen molar-refractivity contribution in [3.8, 4) is 11.5 Å². The summed E-state index contributed by atoms with van der Waals surface area (Å²) in [4.78, 5) is 15.2. The zero-order valence-electron chi connectivity index (χ0n) is 18.8. The van der Waals surface area contributed by atoms with E-state index < -0.39 is 0 Å². The zero-order chi connectivity index (χ0) is 22.6. The number of thioether (sulfide) groups is 1. The summed E-state index contributed by atoms with van der Waals surface area (Å²) in [5, 5.41) is 12.5. The first-order chi connectivity index (χ1) is 16.2. The van der Waals surface area contributed by atoms with Crippen LogP contribution in [0.2, 0.25) is 0 Å². The molecule has 1 saturated carbocycles. The van der Waals surface area contributed by atoms with Crippen molar-refractivity contribution in [3.05, 3.63) is 54.6 Å². The number of piperidine rings is 1. The smallest absolute Gasteiger partial charge is 0.237 e. The number of para-hydroxylation sites is 1. The normalized spacial score (nSPS) is 16.9. The van der Waals surface area contributed by atoms with Gasteiger partial charge in [-0.3, -0.25) is 9.36 Å². The number of aromatic nitrogens is 3. The van der Waals surface area contributed by atoms with Crippen LogP contribution in [0.3, 0.4) is 0 Å². The highest BCUT2D eigenvalue weighted by Gasteiger charge is 2.33. The van der Waals surface area contributed by atoms with Gasteiger partial charge in [0.05, 0.1) is 5.25 Å². The fraction of sp³-hybridized carbons (Fsp3) is 0.400. The summed E-state index contributed by atoms with van der Waals surface area (Å²) in [6, 6.07) is 17.5. The number of rotatable bonds is 8. The molecule has 1 N–H and O–H groups in total. The number of benzene rings is 2. The Bertz CT molecular complexity index is 1080. The van der Waals surface area contributed by atoms with Gasteiger partial charge in [0.1, 0.15) is 11.5 Å². The number of nitrogens with one attached hydrogen (secondary N) is 1. The van der Waals surface area contributed by atoms with Crippen LogP contribution in [0.4, 0.5) is 11.6 Å². The van der Waals surface area contributed by atoms with E-state index >= 15 is 0 Å². The molecule has 172 valence electrons. The van der Waals surface area contributed by atoms with E-state index in [4.69, 9.17) is 4.74 Å². The fourth-order valence-corrected chi connectivity index (χ4v) is 4.91. The van der Waals surface area contributed by atoms with Crippen LogP contribution in [0.5, 0.6) is 11.5 Å². The Balaban J connectivity index is 1.21. The van der Waals surface area contributed by atoms with Crippen molar-refractivity contribution >= 4 is 29.3 Å². The van der Waals surface area contributed by atoms with Gasteiger partial charge < -0.3 is 15.0 Å². The van der Waals surface area contributed by atoms with Gasteiger partial charge in [0.2, 0.25) is 11.9 Å². The predicted molar refractivity (Wildman–Crippen MR) is 131 cm³/mol. The molecule has 1 saturated heterocycles. The molecule has 2 aromatic carbocycles. The highest BCUT2D eigenvalue weighted by Crippen LogP contribution is 2.42. The van der Waals surface area contributed by atoms with Crippen LogP contribution in [-0.2, 0) is 4.79 Å². The Kier molecular flexibility index (Phi) is 6.53. The Morgan fingerprint density at radius 3 is 2.39 bits per heavy atom. The monoisotopic (exact) mass is 463 g/mol. The van der Waals surface area contributed by atoms with Gasteiger partial charge >= 0.3 is 0 Å². The van der Waals surface area contributed by atoms with Crippen LogP contribution in [0, 0.1) is 0 Å². The average molecular weight is 464 g/mol. The van der Waals surface area contributed by atoms with E-state index in [1.54, 1.807) is 0 Å². The minimum absolute atomic E-state index is 0.0541. The highest BCUT2D eigenvalue weighted by molar-refractivity contribution is 8.00. The lowest BCUT2D eigenvalue weighted by Gasteiger charge is -2.28. The molecule has 2 heterocycles. The second kappa shape index (κ2) is 9.87. The summed E-state index contributed by atoms with van der Waals surface area (Å²) in [6.45, 7) is 3.99. The fourth-order valence-electron chi connectivity index (χ4n) is 4.00. The van der Waals surface area contributed by atoms with Crippen LogP contribution in [0.25, 0.3) is 0 Å². The Labute approximate surface area is 198 Å². The first-order valence-corrected chi connectivity index (χ1v) is 12.6. The zero-order valence-corrected chi connectivity index (χ0v) is 19.6. The molecule has 3 aromatic rings. The van der Waals surface area contributed by atoms with E-state index in [9.17, 15) is 4.79 Å². The van der Waals surface area contributed by atoms with Gasteiger partial charge in [-0.15, -0.1) is 10.2 Å². The molecule has 8 heteroatoms. The van der Waals surface area contributed by atoms with E-state index in [-0.39, 0.29) is 11.2 Å². The number of anilines is 2. The van der Waals surface area contributed by atoms with Crippen molar-refractivity contribution in [2.75, 3.05) is 23.3 Å². The molecule has 0 radical (unpaired) electrons. The summed E-state index contributed by atoms with van der Waals surface area (Å²) < 4.78 is 8.08. The SMILES string of the molecule is CC(Sc1nnc(N2CCCCC2)n1C1CC1)C(=O)Nc1ccc(Oc2ccccc2)cc1. The van der Waals surface area contributed by atoms with E-state index in [1.165, 1.54) is 31.0 Å². The minimum Gasteiger partial charge on any atom is -0.457 e. The molecule has 7 nitrogen and oxygen atoms in total. The Morgan fingerprint density at radius 1 is 1.00 bits per heavy atom. The molecule has 0 spiro atoms. The lowest BCUT2D eigenvalue weighted by Crippen LogP contribution is -2.32. The van der Waals surface area contributed by atoms with Gasteiger partial charge in [0.15, 0.2) is 5.16 Å². The molecule has 1 aliphatic carbocycles. The third-order valence-electron chi connectivity index (χ3n) is 5.95. The topological polar surface area (TPSA) is 72.3 Å². The standard InChI is InChI=1S/C25H29N5O2S/c1-18(23(31)26-19-10-14-22(15-11-19)32-21-8-4-2-5-9-21)33-25-28-27-24(30(25)20-12-13-20)29-16-6-3-7-17-29/h2,4-5,8-11,14-15,18,20H,3,6-7,12-13,16-17H2,1H3,(H,26,31). The highest BCUT2D eigenvalue weighted by atomic mass is 32.2. The van der Waals surface area contributed by atoms with Gasteiger partial charge in [-0.1, -0.05) is 30.0 Å². The predicted octanol–water partition coefficient (Wildman–Crippen LogP) is 5.51. The van der Waals surface area contributed by atoms with Crippen molar-refractivity contribution < 1.29 is 9.53 Å². The molecular weight excluding hydrogens is 434 g/mol. The summed E-state index contributed by atoms with van der Waals surface area (Å²) in [5.41, 5.74) is 0.741. The van der Waals surface area contributed by atoms with Gasteiger partial charge in [-0.2, -0.15) is 0 Å². The quantitative estimate of drug-likeness (QED) is 0.444. The van der Waals surface area contributed by atoms with E-state index in [1.807, 2.05) is 61.5 Å². The maximum Gasteiger partial charge on any atom is 0.237 e. The van der Waals surface area contributed by atoms with Crippen LogP contribution in [0.1, 0.15) is 45.1 Å². The Hall–Kier alpha value is -3.00. The second-order valence-corrected chi connectivity index (χ2v) is 9.93. The molecule has 1 aliphatic heterocycles. The number of amides is 1. The van der Waals surface area contributed by atoms with Crippen molar-refractivity contribution in [1.82, 2.24) is 14.8 Å². The van der Waals surface area contributed by atoms with Crippen LogP contribution in [0.15, 0.2) is 59.8 Å². The number of ether oxygens (including phenoxy) is 1.